The van der Waals surface area contributed by atoms with E-state index in [1.165, 1.54) is 0 Å². The van der Waals surface area contributed by atoms with E-state index in [-0.39, 0.29) is 18.4 Å². The van der Waals surface area contributed by atoms with Gasteiger partial charge in [0.05, 0.1) is 6.61 Å². The summed E-state index contributed by atoms with van der Waals surface area (Å²) < 4.78 is 0. The lowest BCUT2D eigenvalue weighted by atomic mass is 9.66. The first-order valence-electron chi connectivity index (χ1n) is 6.89. The lowest BCUT2D eigenvalue weighted by molar-refractivity contribution is -0.00179. The van der Waals surface area contributed by atoms with Gasteiger partial charge < -0.3 is 10.2 Å². The van der Waals surface area contributed by atoms with Crippen LogP contribution >= 0.6 is 0 Å². The van der Waals surface area contributed by atoms with Crippen molar-refractivity contribution in [3.05, 3.63) is 83.9 Å². The third kappa shape index (κ3) is 1.98. The van der Waals surface area contributed by atoms with Gasteiger partial charge in [-0.1, -0.05) is 72.8 Å². The lowest BCUT2D eigenvalue weighted by Gasteiger charge is -2.43. The molecule has 2 atom stereocenters. The van der Waals surface area contributed by atoms with Crippen molar-refractivity contribution in [2.45, 2.75) is 5.60 Å². The van der Waals surface area contributed by atoms with Crippen molar-refractivity contribution in [2.75, 3.05) is 6.61 Å². The summed E-state index contributed by atoms with van der Waals surface area (Å²) in [6.45, 7) is 0.0587. The minimum atomic E-state index is -1.09. The molecule has 0 amide bonds. The van der Waals surface area contributed by atoms with E-state index in [1.54, 1.807) is 0 Å². The van der Waals surface area contributed by atoms with Gasteiger partial charge in [0, 0.05) is 11.8 Å². The van der Waals surface area contributed by atoms with Gasteiger partial charge in [0.2, 0.25) is 0 Å². The second-order valence-electron chi connectivity index (χ2n) is 5.26. The maximum Gasteiger partial charge on any atom is 0.121 e. The van der Waals surface area contributed by atoms with Crippen LogP contribution in [0.3, 0.4) is 0 Å². The largest absolute Gasteiger partial charge is 0.396 e. The van der Waals surface area contributed by atoms with Crippen molar-refractivity contribution in [3.63, 3.8) is 0 Å². The Kier molecular flexibility index (Phi) is 3.43. The summed E-state index contributed by atoms with van der Waals surface area (Å²) in [5.41, 5.74) is 0.628. The number of aliphatic hydroxyl groups is 2. The van der Waals surface area contributed by atoms with Crippen LogP contribution in [0, 0.1) is 11.8 Å². The molecule has 2 N–H and O–H groups in total. The Morgan fingerprint density at radius 1 is 0.800 bits per heavy atom. The molecule has 2 nitrogen and oxygen atoms in total. The smallest absolute Gasteiger partial charge is 0.121 e. The molecule has 0 radical (unpaired) electrons. The van der Waals surface area contributed by atoms with Gasteiger partial charge >= 0.3 is 0 Å². The zero-order chi connectivity index (χ0) is 14.0. The highest BCUT2D eigenvalue weighted by Crippen LogP contribution is 2.45. The van der Waals surface area contributed by atoms with Gasteiger partial charge in [0.25, 0.3) is 0 Å². The molecule has 3 rings (SSSR count). The topological polar surface area (TPSA) is 40.5 Å². The van der Waals surface area contributed by atoms with Gasteiger partial charge in [-0.05, 0) is 11.1 Å². The van der Waals surface area contributed by atoms with Crippen molar-refractivity contribution in [2.24, 2.45) is 11.8 Å². The molecule has 0 aliphatic heterocycles. The van der Waals surface area contributed by atoms with E-state index in [9.17, 15) is 10.2 Å². The normalized spacial score (nSPS) is 21.5. The van der Waals surface area contributed by atoms with Crippen molar-refractivity contribution >= 4 is 0 Å². The van der Waals surface area contributed by atoms with Gasteiger partial charge in [-0.25, -0.2) is 0 Å². The standard InChI is InChI=1S/C18H18O2/c19-13-14-11-12-17(14)18(20,15-7-3-1-4-8-15)16-9-5-2-6-10-16/h1-12,14,17,19-20H,13H2/t14-,17-/m1/s1. The Hall–Kier alpha value is -1.90. The van der Waals surface area contributed by atoms with Gasteiger partial charge in [-0.2, -0.15) is 0 Å². The molecule has 0 aromatic heterocycles. The molecule has 2 heteroatoms. The summed E-state index contributed by atoms with van der Waals surface area (Å²) in [6, 6.07) is 19.4. The summed E-state index contributed by atoms with van der Waals surface area (Å²) in [5, 5.41) is 20.9. The molecule has 20 heavy (non-hydrogen) atoms. The highest BCUT2D eigenvalue weighted by molar-refractivity contribution is 5.40. The first-order valence-corrected chi connectivity index (χ1v) is 6.89. The number of rotatable bonds is 4. The van der Waals surface area contributed by atoms with Crippen LogP contribution in [0.1, 0.15) is 11.1 Å². The van der Waals surface area contributed by atoms with Crippen molar-refractivity contribution in [3.8, 4) is 0 Å². The molecule has 102 valence electrons. The molecule has 0 heterocycles. The number of hydrogen-bond acceptors (Lipinski definition) is 2. The fraction of sp³-hybridized carbons (Fsp3) is 0.222. The molecule has 0 fully saturated rings. The maximum atomic E-state index is 11.4. The number of hydrogen-bond donors (Lipinski definition) is 2. The fourth-order valence-corrected chi connectivity index (χ4v) is 2.94. The highest BCUT2D eigenvalue weighted by atomic mass is 16.3. The maximum absolute atomic E-state index is 11.4. The van der Waals surface area contributed by atoms with Crippen LogP contribution in [0.15, 0.2) is 72.8 Å². The van der Waals surface area contributed by atoms with Crippen LogP contribution in [-0.4, -0.2) is 16.8 Å². The molecule has 0 bridgehead atoms. The second kappa shape index (κ2) is 5.23. The van der Waals surface area contributed by atoms with Crippen molar-refractivity contribution in [1.82, 2.24) is 0 Å². The van der Waals surface area contributed by atoms with Gasteiger partial charge in [-0.15, -0.1) is 0 Å². The molecule has 2 aromatic carbocycles. The molecule has 1 aliphatic rings. The van der Waals surface area contributed by atoms with Crippen LogP contribution in [0.25, 0.3) is 0 Å². The monoisotopic (exact) mass is 266 g/mol. The fourth-order valence-electron chi connectivity index (χ4n) is 2.94. The van der Waals surface area contributed by atoms with E-state index in [4.69, 9.17) is 0 Å². The van der Waals surface area contributed by atoms with E-state index >= 15 is 0 Å². The molecule has 0 spiro atoms. The van der Waals surface area contributed by atoms with Crippen LogP contribution in [0.5, 0.6) is 0 Å². The lowest BCUT2D eigenvalue weighted by Crippen LogP contribution is -2.43. The Labute approximate surface area is 119 Å². The van der Waals surface area contributed by atoms with E-state index in [2.05, 4.69) is 0 Å². The Bertz CT molecular complexity index is 550. The first-order chi connectivity index (χ1) is 9.76. The van der Waals surface area contributed by atoms with Crippen molar-refractivity contribution in [1.29, 1.82) is 0 Å². The number of aliphatic hydroxyl groups excluding tert-OH is 1. The summed E-state index contributed by atoms with van der Waals surface area (Å²) >= 11 is 0. The molecule has 0 saturated carbocycles. The highest BCUT2D eigenvalue weighted by Gasteiger charge is 2.45. The third-order valence-electron chi connectivity index (χ3n) is 4.15. The predicted molar refractivity (Wildman–Crippen MR) is 79.1 cm³/mol. The van der Waals surface area contributed by atoms with Crippen LogP contribution in [0.4, 0.5) is 0 Å². The zero-order valence-corrected chi connectivity index (χ0v) is 11.2. The Morgan fingerprint density at radius 3 is 1.65 bits per heavy atom. The molecule has 2 aromatic rings. The van der Waals surface area contributed by atoms with E-state index in [0.717, 1.165) is 11.1 Å². The average molecular weight is 266 g/mol. The second-order valence-corrected chi connectivity index (χ2v) is 5.26. The molecule has 1 aliphatic carbocycles. The van der Waals surface area contributed by atoms with Gasteiger partial charge in [0.15, 0.2) is 0 Å². The minimum Gasteiger partial charge on any atom is -0.396 e. The molecule has 0 unspecified atom stereocenters. The SMILES string of the molecule is OC[C@H]1C=C[C@H]1C(O)(c1ccccc1)c1ccccc1. The zero-order valence-electron chi connectivity index (χ0n) is 11.2. The predicted octanol–water partition coefficient (Wildman–Crippen LogP) is 2.72. The van der Waals surface area contributed by atoms with E-state index in [0.29, 0.717) is 0 Å². The quantitative estimate of drug-likeness (QED) is 0.835. The molecular weight excluding hydrogens is 248 g/mol. The average Bonchev–Trinajstić information content (AvgIpc) is 2.48. The molecule has 0 saturated heterocycles. The molecular formula is C18H18O2. The summed E-state index contributed by atoms with van der Waals surface area (Å²) in [6.07, 6.45) is 3.95. The minimum absolute atomic E-state index is 0.000382. The van der Waals surface area contributed by atoms with E-state index < -0.39 is 5.60 Å². The summed E-state index contributed by atoms with van der Waals surface area (Å²) in [4.78, 5) is 0. The van der Waals surface area contributed by atoms with Gasteiger partial charge in [0.1, 0.15) is 5.60 Å². The summed E-state index contributed by atoms with van der Waals surface area (Å²) in [7, 11) is 0. The van der Waals surface area contributed by atoms with Crippen LogP contribution < -0.4 is 0 Å². The van der Waals surface area contributed by atoms with Crippen molar-refractivity contribution < 1.29 is 10.2 Å². The summed E-state index contributed by atoms with van der Waals surface area (Å²) in [5.74, 6) is -0.0993. The van der Waals surface area contributed by atoms with Gasteiger partial charge in [-0.3, -0.25) is 0 Å². The van der Waals surface area contributed by atoms with Crippen LogP contribution in [0.2, 0.25) is 0 Å². The third-order valence-corrected chi connectivity index (χ3v) is 4.15. The number of benzene rings is 2. The Morgan fingerprint density at radius 2 is 1.30 bits per heavy atom. The Balaban J connectivity index is 2.11. The van der Waals surface area contributed by atoms with E-state index in [1.807, 2.05) is 72.8 Å². The van der Waals surface area contributed by atoms with Crippen LogP contribution in [-0.2, 0) is 5.60 Å². The first kappa shape index (κ1) is 13.1.